The van der Waals surface area contributed by atoms with Crippen LogP contribution in [0, 0.1) is 0 Å². The average Bonchev–Trinajstić information content (AvgIpc) is 2.74. The first-order valence-electron chi connectivity index (χ1n) is 9.08. The van der Waals surface area contributed by atoms with E-state index in [0.29, 0.717) is 22.1 Å². The Morgan fingerprint density at radius 2 is 1.90 bits per heavy atom. The van der Waals surface area contributed by atoms with Crippen LogP contribution in [-0.4, -0.2) is 35.5 Å². The number of nitrogens with one attached hydrogen (secondary N) is 1. The van der Waals surface area contributed by atoms with Gasteiger partial charge in [0.25, 0.3) is 11.8 Å². The highest BCUT2D eigenvalue weighted by Gasteiger charge is 2.32. The number of amides is 2. The Morgan fingerprint density at radius 1 is 1.19 bits per heavy atom. The Hall–Kier alpha value is -2.87. The van der Waals surface area contributed by atoms with Gasteiger partial charge in [-0.1, -0.05) is 41.4 Å². The molecule has 6 nitrogen and oxygen atoms in total. The molecule has 0 aromatic heterocycles. The number of hydrogen-bond donors (Lipinski definition) is 1. The predicted octanol–water partition coefficient (Wildman–Crippen LogP) is 4.39. The SMILES string of the molecule is C=CCN1C(=O)/C(=C/c2cc(Cl)c(OCc3ccc(Cl)cc3)c(OC)c2)C(=O)NC1=S. The van der Waals surface area contributed by atoms with Crippen LogP contribution in [-0.2, 0) is 16.2 Å². The van der Waals surface area contributed by atoms with Gasteiger partial charge < -0.3 is 9.47 Å². The molecule has 1 fully saturated rings. The summed E-state index contributed by atoms with van der Waals surface area (Å²) in [4.78, 5) is 26.3. The second-order valence-electron chi connectivity index (χ2n) is 6.47. The molecule has 9 heteroatoms. The van der Waals surface area contributed by atoms with Crippen molar-refractivity contribution >= 4 is 58.4 Å². The van der Waals surface area contributed by atoms with Crippen LogP contribution < -0.4 is 14.8 Å². The standard InChI is InChI=1S/C22H18Cl2N2O4S/c1-3-8-26-21(28)16(20(27)25-22(26)31)9-14-10-17(24)19(18(11-14)29-2)30-12-13-4-6-15(23)7-5-13/h3-7,9-11H,1,8,12H2,2H3,(H,25,27,31)/b16-9+. The zero-order valence-electron chi connectivity index (χ0n) is 16.5. The van der Waals surface area contributed by atoms with Crippen LogP contribution in [0.1, 0.15) is 11.1 Å². The van der Waals surface area contributed by atoms with Crippen molar-refractivity contribution in [3.05, 3.63) is 75.8 Å². The highest BCUT2D eigenvalue weighted by Crippen LogP contribution is 2.37. The number of rotatable bonds is 7. The van der Waals surface area contributed by atoms with Gasteiger partial charge in [0.05, 0.1) is 12.1 Å². The third-order valence-corrected chi connectivity index (χ3v) is 5.21. The molecule has 1 N–H and O–H groups in total. The fourth-order valence-corrected chi connectivity index (χ4v) is 3.50. The van der Waals surface area contributed by atoms with Gasteiger partial charge in [-0.3, -0.25) is 19.8 Å². The van der Waals surface area contributed by atoms with E-state index in [1.165, 1.54) is 24.2 Å². The molecule has 1 aliphatic heterocycles. The summed E-state index contributed by atoms with van der Waals surface area (Å²) in [5.41, 5.74) is 1.31. The minimum atomic E-state index is -0.589. The number of carbonyl (C=O) groups excluding carboxylic acids is 2. The Kier molecular flexibility index (Phi) is 7.33. The van der Waals surface area contributed by atoms with Gasteiger partial charge in [0.1, 0.15) is 12.2 Å². The zero-order chi connectivity index (χ0) is 22.5. The molecule has 160 valence electrons. The highest BCUT2D eigenvalue weighted by atomic mass is 35.5. The van der Waals surface area contributed by atoms with Crippen molar-refractivity contribution in [2.75, 3.05) is 13.7 Å². The van der Waals surface area contributed by atoms with Gasteiger partial charge in [0.2, 0.25) is 0 Å². The number of benzene rings is 2. The average molecular weight is 477 g/mol. The van der Waals surface area contributed by atoms with Crippen LogP contribution in [0.5, 0.6) is 11.5 Å². The Labute approximate surface area is 195 Å². The molecule has 0 atom stereocenters. The van der Waals surface area contributed by atoms with Crippen molar-refractivity contribution in [2.24, 2.45) is 0 Å². The largest absolute Gasteiger partial charge is 0.493 e. The molecule has 2 aromatic rings. The normalized spacial score (nSPS) is 15.1. The number of carbonyl (C=O) groups is 2. The molecule has 0 spiro atoms. The zero-order valence-corrected chi connectivity index (χ0v) is 18.8. The van der Waals surface area contributed by atoms with Crippen molar-refractivity contribution in [3.8, 4) is 11.5 Å². The van der Waals surface area contributed by atoms with E-state index in [2.05, 4.69) is 11.9 Å². The molecular formula is C22H18Cl2N2O4S. The van der Waals surface area contributed by atoms with Gasteiger partial charge in [-0.2, -0.15) is 0 Å². The summed E-state index contributed by atoms with van der Waals surface area (Å²) < 4.78 is 11.2. The summed E-state index contributed by atoms with van der Waals surface area (Å²) in [7, 11) is 1.47. The van der Waals surface area contributed by atoms with Crippen LogP contribution in [0.4, 0.5) is 0 Å². The summed E-state index contributed by atoms with van der Waals surface area (Å²) in [5, 5.41) is 3.43. The molecule has 3 rings (SSSR count). The molecule has 0 radical (unpaired) electrons. The second kappa shape index (κ2) is 9.96. The maximum atomic E-state index is 12.7. The number of ether oxygens (including phenoxy) is 2. The van der Waals surface area contributed by atoms with E-state index in [4.69, 9.17) is 44.9 Å². The van der Waals surface area contributed by atoms with Crippen LogP contribution in [0.15, 0.2) is 54.6 Å². The van der Waals surface area contributed by atoms with Crippen molar-refractivity contribution in [1.29, 1.82) is 0 Å². The number of hydrogen-bond acceptors (Lipinski definition) is 5. The van der Waals surface area contributed by atoms with Gasteiger partial charge in [0.15, 0.2) is 16.6 Å². The minimum absolute atomic E-state index is 0.0358. The van der Waals surface area contributed by atoms with Gasteiger partial charge in [-0.25, -0.2) is 0 Å². The smallest absolute Gasteiger partial charge is 0.265 e. The maximum Gasteiger partial charge on any atom is 0.265 e. The monoisotopic (exact) mass is 476 g/mol. The number of thiocarbonyl (C=S) groups is 1. The van der Waals surface area contributed by atoms with Crippen LogP contribution >= 0.6 is 35.4 Å². The van der Waals surface area contributed by atoms with Crippen molar-refractivity contribution < 1.29 is 19.1 Å². The van der Waals surface area contributed by atoms with Gasteiger partial charge in [-0.15, -0.1) is 6.58 Å². The maximum absolute atomic E-state index is 12.7. The lowest BCUT2D eigenvalue weighted by atomic mass is 10.1. The molecule has 1 heterocycles. The van der Waals surface area contributed by atoms with Crippen LogP contribution in [0.25, 0.3) is 6.08 Å². The lowest BCUT2D eigenvalue weighted by Gasteiger charge is -2.27. The molecule has 0 bridgehead atoms. The van der Waals surface area contributed by atoms with E-state index in [-0.39, 0.29) is 28.9 Å². The molecular weight excluding hydrogens is 459 g/mol. The molecule has 2 amide bonds. The summed E-state index contributed by atoms with van der Waals surface area (Å²) >= 11 is 17.4. The molecule has 0 saturated carbocycles. The topological polar surface area (TPSA) is 67.9 Å². The Morgan fingerprint density at radius 3 is 2.55 bits per heavy atom. The molecule has 0 unspecified atom stereocenters. The Bertz CT molecular complexity index is 1080. The van der Waals surface area contributed by atoms with Crippen molar-refractivity contribution in [2.45, 2.75) is 6.61 Å². The van der Waals surface area contributed by atoms with Gasteiger partial charge in [-0.05, 0) is 53.7 Å². The summed E-state index contributed by atoms with van der Waals surface area (Å²) in [6.07, 6.45) is 2.94. The summed E-state index contributed by atoms with van der Waals surface area (Å²) in [5.74, 6) is -0.411. The van der Waals surface area contributed by atoms with Crippen molar-refractivity contribution in [1.82, 2.24) is 10.2 Å². The summed E-state index contributed by atoms with van der Waals surface area (Å²) in [6, 6.07) is 10.4. The van der Waals surface area contributed by atoms with E-state index in [1.54, 1.807) is 24.3 Å². The van der Waals surface area contributed by atoms with E-state index >= 15 is 0 Å². The second-order valence-corrected chi connectivity index (χ2v) is 7.70. The van der Waals surface area contributed by atoms with E-state index in [9.17, 15) is 9.59 Å². The third-order valence-electron chi connectivity index (χ3n) is 4.36. The molecule has 1 saturated heterocycles. The fourth-order valence-electron chi connectivity index (χ4n) is 2.85. The molecule has 1 aliphatic rings. The number of halogens is 2. The fraction of sp³-hybridized carbons (Fsp3) is 0.136. The molecule has 31 heavy (non-hydrogen) atoms. The first-order valence-corrected chi connectivity index (χ1v) is 10.2. The first-order chi connectivity index (χ1) is 14.8. The molecule has 2 aromatic carbocycles. The Balaban J connectivity index is 1.88. The highest BCUT2D eigenvalue weighted by molar-refractivity contribution is 7.80. The predicted molar refractivity (Wildman–Crippen MR) is 124 cm³/mol. The van der Waals surface area contributed by atoms with E-state index < -0.39 is 11.8 Å². The van der Waals surface area contributed by atoms with Crippen LogP contribution in [0.3, 0.4) is 0 Å². The van der Waals surface area contributed by atoms with E-state index in [0.717, 1.165) is 5.56 Å². The van der Waals surface area contributed by atoms with Gasteiger partial charge >= 0.3 is 0 Å². The van der Waals surface area contributed by atoms with E-state index in [1.807, 2.05) is 12.1 Å². The summed E-state index contributed by atoms with van der Waals surface area (Å²) in [6.45, 7) is 4.03. The van der Waals surface area contributed by atoms with Crippen LogP contribution in [0.2, 0.25) is 10.0 Å². The lowest BCUT2D eigenvalue weighted by Crippen LogP contribution is -2.53. The lowest BCUT2D eigenvalue weighted by molar-refractivity contribution is -0.128. The first kappa shape index (κ1) is 22.8. The number of nitrogens with zero attached hydrogens (tertiary/aromatic N) is 1. The van der Waals surface area contributed by atoms with Crippen molar-refractivity contribution in [3.63, 3.8) is 0 Å². The third kappa shape index (κ3) is 5.25. The quantitative estimate of drug-likeness (QED) is 0.277. The number of methoxy groups -OCH3 is 1. The minimum Gasteiger partial charge on any atom is -0.493 e. The molecule has 0 aliphatic carbocycles. The van der Waals surface area contributed by atoms with Gasteiger partial charge in [0, 0.05) is 11.6 Å².